The van der Waals surface area contributed by atoms with Crippen molar-refractivity contribution in [2.45, 2.75) is 6.92 Å². The van der Waals surface area contributed by atoms with Gasteiger partial charge in [-0.15, -0.1) is 0 Å². The van der Waals surface area contributed by atoms with Crippen LogP contribution in [0.2, 0.25) is 0 Å². The van der Waals surface area contributed by atoms with Crippen molar-refractivity contribution in [1.82, 2.24) is 0 Å². The van der Waals surface area contributed by atoms with Crippen molar-refractivity contribution in [1.29, 1.82) is 0 Å². The predicted octanol–water partition coefficient (Wildman–Crippen LogP) is 3.89. The Morgan fingerprint density at radius 2 is 1.24 bits per heavy atom. The molecule has 6 heteroatoms. The van der Waals surface area contributed by atoms with Crippen LogP contribution in [0.1, 0.15) is 6.92 Å². The molecule has 0 atom stereocenters. The molecule has 2 rings (SSSR count). The summed E-state index contributed by atoms with van der Waals surface area (Å²) in [4.78, 5) is 11.2. The first-order chi connectivity index (χ1) is 14.1. The normalized spacial score (nSPS) is 10.4. The van der Waals surface area contributed by atoms with Gasteiger partial charge in [0.25, 0.3) is 0 Å². The van der Waals surface area contributed by atoms with E-state index in [1.54, 1.807) is 14.0 Å². The molecule has 0 radical (unpaired) electrons. The summed E-state index contributed by atoms with van der Waals surface area (Å²) < 4.78 is 26.5. The smallest absolute Gasteiger partial charge is 0.333 e. The highest BCUT2D eigenvalue weighted by Gasteiger charge is 2.02. The summed E-state index contributed by atoms with van der Waals surface area (Å²) in [5.41, 5.74) is 2.61. The molecule has 0 heterocycles. The molecule has 0 aliphatic rings. The van der Waals surface area contributed by atoms with E-state index in [-0.39, 0.29) is 6.61 Å². The van der Waals surface area contributed by atoms with Gasteiger partial charge in [-0.25, -0.2) is 4.79 Å². The van der Waals surface area contributed by atoms with Gasteiger partial charge in [0, 0.05) is 5.57 Å². The quantitative estimate of drug-likeness (QED) is 0.289. The lowest BCUT2D eigenvalue weighted by molar-refractivity contribution is -0.140. The Morgan fingerprint density at radius 1 is 0.759 bits per heavy atom. The number of hydrogen-bond acceptors (Lipinski definition) is 6. The lowest BCUT2D eigenvalue weighted by Crippen LogP contribution is -2.14. The fraction of sp³-hybridized carbons (Fsp3) is 0.348. The van der Waals surface area contributed by atoms with Gasteiger partial charge in [-0.2, -0.15) is 0 Å². The van der Waals surface area contributed by atoms with Crippen LogP contribution in [0.3, 0.4) is 0 Å². The average Bonchev–Trinajstić information content (AvgIpc) is 2.75. The van der Waals surface area contributed by atoms with E-state index in [0.29, 0.717) is 38.6 Å². The maximum absolute atomic E-state index is 11.2. The molecule has 0 spiro atoms. The second-order valence-corrected chi connectivity index (χ2v) is 6.24. The van der Waals surface area contributed by atoms with E-state index >= 15 is 0 Å². The van der Waals surface area contributed by atoms with E-state index in [0.717, 1.165) is 22.6 Å². The van der Waals surface area contributed by atoms with Crippen LogP contribution in [-0.2, 0) is 19.0 Å². The highest BCUT2D eigenvalue weighted by molar-refractivity contribution is 5.86. The van der Waals surface area contributed by atoms with Crippen LogP contribution >= 0.6 is 0 Å². The molecule has 0 aliphatic carbocycles. The van der Waals surface area contributed by atoms with Crippen LogP contribution in [0.15, 0.2) is 60.7 Å². The van der Waals surface area contributed by atoms with E-state index < -0.39 is 5.97 Å². The summed E-state index contributed by atoms with van der Waals surface area (Å²) in [5.74, 6) is 1.23. The zero-order chi connectivity index (χ0) is 20.9. The highest BCUT2D eigenvalue weighted by Crippen LogP contribution is 2.24. The second-order valence-electron chi connectivity index (χ2n) is 6.24. The first-order valence-corrected chi connectivity index (χ1v) is 9.45. The maximum atomic E-state index is 11.2. The number of ether oxygens (including phenoxy) is 5. The molecule has 0 aromatic heterocycles. The minimum atomic E-state index is -0.404. The number of rotatable bonds is 13. The first-order valence-electron chi connectivity index (χ1n) is 9.45. The number of carbonyl (C=O) groups is 1. The molecule has 0 aliphatic heterocycles. The van der Waals surface area contributed by atoms with Crippen LogP contribution in [-0.4, -0.2) is 52.7 Å². The van der Waals surface area contributed by atoms with Gasteiger partial charge in [0.05, 0.1) is 33.5 Å². The molecular formula is C23H28O6. The molecule has 29 heavy (non-hydrogen) atoms. The number of hydrogen-bond donors (Lipinski definition) is 0. The molecule has 0 saturated carbocycles. The van der Waals surface area contributed by atoms with Crippen molar-refractivity contribution in [3.05, 3.63) is 60.7 Å². The molecule has 0 bridgehead atoms. The van der Waals surface area contributed by atoms with Gasteiger partial charge in [-0.1, -0.05) is 30.8 Å². The van der Waals surface area contributed by atoms with Crippen molar-refractivity contribution >= 4 is 5.97 Å². The van der Waals surface area contributed by atoms with Crippen LogP contribution in [0, 0.1) is 0 Å². The second kappa shape index (κ2) is 12.6. The van der Waals surface area contributed by atoms with E-state index in [1.807, 2.05) is 48.5 Å². The van der Waals surface area contributed by atoms with Gasteiger partial charge in [0.15, 0.2) is 0 Å². The third-order valence-electron chi connectivity index (χ3n) is 3.96. The highest BCUT2D eigenvalue weighted by atomic mass is 16.6. The summed E-state index contributed by atoms with van der Waals surface area (Å²) in [7, 11) is 1.66. The van der Waals surface area contributed by atoms with Gasteiger partial charge in [0.1, 0.15) is 24.7 Å². The number of carbonyl (C=O) groups excluding carboxylic acids is 1. The Balaban J connectivity index is 1.54. The van der Waals surface area contributed by atoms with Crippen molar-refractivity contribution < 1.29 is 28.5 Å². The largest absolute Gasteiger partial charge is 0.497 e. The minimum Gasteiger partial charge on any atom is -0.497 e. The van der Waals surface area contributed by atoms with Crippen LogP contribution in [0.5, 0.6) is 11.5 Å². The van der Waals surface area contributed by atoms with Crippen LogP contribution in [0.25, 0.3) is 11.1 Å². The van der Waals surface area contributed by atoms with E-state index in [9.17, 15) is 4.79 Å². The maximum Gasteiger partial charge on any atom is 0.333 e. The third-order valence-corrected chi connectivity index (χ3v) is 3.96. The molecule has 0 fully saturated rings. The molecule has 0 unspecified atom stereocenters. The minimum absolute atomic E-state index is 0.210. The van der Waals surface area contributed by atoms with Gasteiger partial charge in [-0.05, 0) is 42.3 Å². The first kappa shape index (κ1) is 22.5. The monoisotopic (exact) mass is 400 g/mol. The Hall–Kier alpha value is -2.83. The molecule has 0 N–H and O–H groups in total. The molecular weight excluding hydrogens is 372 g/mol. The Bertz CT molecular complexity index is 752. The van der Waals surface area contributed by atoms with E-state index in [2.05, 4.69) is 6.58 Å². The van der Waals surface area contributed by atoms with E-state index in [1.165, 1.54) is 0 Å². The number of esters is 1. The molecule has 0 saturated heterocycles. The summed E-state index contributed by atoms with van der Waals surface area (Å²) in [5, 5.41) is 0. The van der Waals surface area contributed by atoms with Gasteiger partial charge < -0.3 is 23.7 Å². The lowest BCUT2D eigenvalue weighted by Gasteiger charge is -2.09. The van der Waals surface area contributed by atoms with Gasteiger partial charge >= 0.3 is 5.97 Å². The van der Waals surface area contributed by atoms with Gasteiger partial charge in [0.2, 0.25) is 0 Å². The molecule has 6 nitrogen and oxygen atoms in total. The van der Waals surface area contributed by atoms with Crippen LogP contribution < -0.4 is 9.47 Å². The zero-order valence-corrected chi connectivity index (χ0v) is 17.0. The van der Waals surface area contributed by atoms with Crippen LogP contribution in [0.4, 0.5) is 0 Å². The van der Waals surface area contributed by atoms with Crippen molar-refractivity contribution in [3.63, 3.8) is 0 Å². The average molecular weight is 400 g/mol. The van der Waals surface area contributed by atoms with Gasteiger partial charge in [-0.3, -0.25) is 0 Å². The third kappa shape index (κ3) is 8.37. The Morgan fingerprint density at radius 3 is 1.76 bits per heavy atom. The van der Waals surface area contributed by atoms with E-state index in [4.69, 9.17) is 23.7 Å². The zero-order valence-electron chi connectivity index (χ0n) is 17.0. The Labute approximate surface area is 172 Å². The van der Waals surface area contributed by atoms with Crippen molar-refractivity contribution in [3.8, 4) is 22.6 Å². The van der Waals surface area contributed by atoms with Crippen molar-refractivity contribution in [2.75, 3.05) is 46.8 Å². The SMILES string of the molecule is C=C(C)C(=O)OCCOCCOCCOc1ccc(-c2ccc(OC)cc2)cc1. The Kier molecular flexibility index (Phi) is 9.75. The summed E-state index contributed by atoms with van der Waals surface area (Å²) in [6.07, 6.45) is 0. The number of benzene rings is 2. The molecule has 2 aromatic carbocycles. The lowest BCUT2D eigenvalue weighted by atomic mass is 10.1. The predicted molar refractivity (Wildman–Crippen MR) is 111 cm³/mol. The fourth-order valence-electron chi connectivity index (χ4n) is 2.38. The summed E-state index contributed by atoms with van der Waals surface area (Å²) in [6.45, 7) is 7.46. The van der Waals surface area contributed by atoms with Crippen molar-refractivity contribution in [2.24, 2.45) is 0 Å². The summed E-state index contributed by atoms with van der Waals surface area (Å²) >= 11 is 0. The molecule has 0 amide bonds. The molecule has 156 valence electrons. The standard InChI is InChI=1S/C23H28O6/c1-18(2)23(24)29-17-15-27-13-12-26-14-16-28-22-10-6-20(7-11-22)19-4-8-21(25-3)9-5-19/h4-11H,1,12-17H2,2-3H3. The molecule has 2 aromatic rings. The summed E-state index contributed by atoms with van der Waals surface area (Å²) in [6, 6.07) is 15.8. The number of methoxy groups -OCH3 is 1. The topological polar surface area (TPSA) is 63.2 Å². The fourth-order valence-corrected chi connectivity index (χ4v) is 2.38.